The summed E-state index contributed by atoms with van der Waals surface area (Å²) >= 11 is 0. The van der Waals surface area contributed by atoms with Gasteiger partial charge in [0.05, 0.1) is 23.4 Å². The first-order valence-corrected chi connectivity index (χ1v) is 4.98. The first-order chi connectivity index (χ1) is 8.05. The predicted octanol–water partition coefficient (Wildman–Crippen LogP) is 1.95. The van der Waals surface area contributed by atoms with Crippen LogP contribution in [0, 0.1) is 11.8 Å². The maximum Gasteiger partial charge on any atom is 0.413 e. The molecule has 0 aliphatic heterocycles. The van der Waals surface area contributed by atoms with Crippen molar-refractivity contribution in [2.24, 2.45) is 11.8 Å². The standard InChI is InChI=1S/C10H8F6O2/c11-9(12,13)5-3-1-2-4(8(18)7(3)17)6(5)10(14,15)16/h1-4,7-8,17-18H/t3-,4+,7?,8?. The van der Waals surface area contributed by atoms with Crippen molar-refractivity contribution in [3.05, 3.63) is 23.3 Å². The number of halogens is 6. The topological polar surface area (TPSA) is 40.5 Å². The Morgan fingerprint density at radius 1 is 0.722 bits per heavy atom. The van der Waals surface area contributed by atoms with Crippen LogP contribution in [0.1, 0.15) is 0 Å². The van der Waals surface area contributed by atoms with E-state index in [1.54, 1.807) is 0 Å². The van der Waals surface area contributed by atoms with Gasteiger partial charge in [0.2, 0.25) is 0 Å². The van der Waals surface area contributed by atoms with Crippen molar-refractivity contribution in [2.45, 2.75) is 24.6 Å². The Morgan fingerprint density at radius 2 is 1.00 bits per heavy atom. The quantitative estimate of drug-likeness (QED) is 0.523. The summed E-state index contributed by atoms with van der Waals surface area (Å²) in [6.45, 7) is 0. The van der Waals surface area contributed by atoms with Crippen molar-refractivity contribution in [3.8, 4) is 0 Å². The second kappa shape index (κ2) is 3.74. The van der Waals surface area contributed by atoms with Gasteiger partial charge in [-0.2, -0.15) is 26.3 Å². The smallest absolute Gasteiger partial charge is 0.389 e. The van der Waals surface area contributed by atoms with Crippen LogP contribution in [-0.2, 0) is 0 Å². The first-order valence-electron chi connectivity index (χ1n) is 4.98. The van der Waals surface area contributed by atoms with Crippen LogP contribution in [-0.4, -0.2) is 34.8 Å². The zero-order chi connectivity index (χ0) is 13.9. The summed E-state index contributed by atoms with van der Waals surface area (Å²) in [6.07, 6.45) is -12.4. The molecular formula is C10H8F6O2. The Labute approximate surface area is 97.2 Å². The molecule has 0 amide bonds. The Hall–Kier alpha value is -1.02. The van der Waals surface area contributed by atoms with Crippen LogP contribution in [0.15, 0.2) is 23.3 Å². The van der Waals surface area contributed by atoms with Crippen molar-refractivity contribution in [3.63, 3.8) is 0 Å². The minimum atomic E-state index is -5.19. The van der Waals surface area contributed by atoms with Gasteiger partial charge in [0, 0.05) is 11.8 Å². The van der Waals surface area contributed by atoms with Crippen LogP contribution in [0.25, 0.3) is 0 Å². The summed E-state index contributed by atoms with van der Waals surface area (Å²) in [7, 11) is 0. The minimum absolute atomic E-state index is 0.861. The molecule has 3 rings (SSSR count). The lowest BCUT2D eigenvalue weighted by Crippen LogP contribution is -2.51. The molecule has 3 aliphatic carbocycles. The molecule has 0 saturated heterocycles. The predicted molar refractivity (Wildman–Crippen MR) is 47.3 cm³/mol. The average molecular weight is 274 g/mol. The highest BCUT2D eigenvalue weighted by molar-refractivity contribution is 5.42. The monoisotopic (exact) mass is 274 g/mol. The minimum Gasteiger partial charge on any atom is -0.389 e. The molecule has 2 unspecified atom stereocenters. The van der Waals surface area contributed by atoms with Crippen molar-refractivity contribution in [2.75, 3.05) is 0 Å². The maximum atomic E-state index is 12.7. The van der Waals surface area contributed by atoms with Crippen LogP contribution in [0.3, 0.4) is 0 Å². The average Bonchev–Trinajstić information content (AvgIpc) is 2.20. The van der Waals surface area contributed by atoms with Gasteiger partial charge in [-0.25, -0.2) is 0 Å². The summed E-state index contributed by atoms with van der Waals surface area (Å²) in [4.78, 5) is 0. The highest BCUT2D eigenvalue weighted by atomic mass is 19.4. The molecule has 0 aromatic rings. The molecule has 2 nitrogen and oxygen atoms in total. The molecule has 3 aliphatic rings. The van der Waals surface area contributed by atoms with E-state index in [9.17, 15) is 36.6 Å². The van der Waals surface area contributed by atoms with E-state index in [0.717, 1.165) is 12.2 Å². The zero-order valence-corrected chi connectivity index (χ0v) is 8.63. The number of rotatable bonds is 0. The third kappa shape index (κ3) is 1.83. The molecular weight excluding hydrogens is 266 g/mol. The van der Waals surface area contributed by atoms with Crippen LogP contribution in [0.5, 0.6) is 0 Å². The van der Waals surface area contributed by atoms with Gasteiger partial charge in [-0.3, -0.25) is 0 Å². The highest BCUT2D eigenvalue weighted by Gasteiger charge is 2.58. The second-order valence-corrected chi connectivity index (χ2v) is 4.24. The van der Waals surface area contributed by atoms with Crippen molar-refractivity contribution in [1.29, 1.82) is 0 Å². The van der Waals surface area contributed by atoms with Gasteiger partial charge in [-0.1, -0.05) is 12.2 Å². The summed E-state index contributed by atoms with van der Waals surface area (Å²) in [5.74, 6) is -3.75. The summed E-state index contributed by atoms with van der Waals surface area (Å²) in [5, 5.41) is 18.8. The van der Waals surface area contributed by atoms with Crippen LogP contribution in [0.2, 0.25) is 0 Å². The van der Waals surface area contributed by atoms with Gasteiger partial charge >= 0.3 is 12.4 Å². The van der Waals surface area contributed by atoms with E-state index in [1.165, 1.54) is 0 Å². The fourth-order valence-electron chi connectivity index (χ4n) is 2.47. The summed E-state index contributed by atoms with van der Waals surface area (Å²) in [6, 6.07) is 0. The Bertz CT molecular complexity index is 381. The Morgan fingerprint density at radius 3 is 1.22 bits per heavy atom. The van der Waals surface area contributed by atoms with E-state index in [-0.39, 0.29) is 0 Å². The van der Waals surface area contributed by atoms with Crippen LogP contribution >= 0.6 is 0 Å². The van der Waals surface area contributed by atoms with Gasteiger partial charge in [0.15, 0.2) is 0 Å². The third-order valence-electron chi connectivity index (χ3n) is 3.18. The molecule has 102 valence electrons. The lowest BCUT2D eigenvalue weighted by molar-refractivity contribution is -0.148. The lowest BCUT2D eigenvalue weighted by Gasteiger charge is -2.43. The molecule has 4 atom stereocenters. The molecule has 18 heavy (non-hydrogen) atoms. The van der Waals surface area contributed by atoms with Crippen molar-refractivity contribution < 1.29 is 36.6 Å². The molecule has 0 heterocycles. The van der Waals surface area contributed by atoms with Gasteiger partial charge in [0.25, 0.3) is 0 Å². The maximum absolute atomic E-state index is 12.7. The Kier molecular flexibility index (Phi) is 2.78. The molecule has 0 saturated carbocycles. The van der Waals surface area contributed by atoms with Crippen LogP contribution in [0.4, 0.5) is 26.3 Å². The van der Waals surface area contributed by atoms with Crippen molar-refractivity contribution >= 4 is 0 Å². The van der Waals surface area contributed by atoms with Crippen molar-refractivity contribution in [1.82, 2.24) is 0 Å². The number of fused-ring (bicyclic) bond motifs is 1. The van der Waals surface area contributed by atoms with E-state index in [0.29, 0.717) is 0 Å². The molecule has 0 aromatic heterocycles. The van der Waals surface area contributed by atoms with E-state index in [2.05, 4.69) is 0 Å². The highest BCUT2D eigenvalue weighted by Crippen LogP contribution is 2.52. The number of aliphatic hydroxyl groups excluding tert-OH is 2. The summed E-state index contributed by atoms with van der Waals surface area (Å²) in [5.41, 5.74) is -3.61. The normalized spacial score (nSPS) is 36.4. The number of hydrogen-bond donors (Lipinski definition) is 2. The number of hydrogen-bond acceptors (Lipinski definition) is 2. The molecule has 2 N–H and O–H groups in total. The van der Waals surface area contributed by atoms with E-state index < -0.39 is 47.5 Å². The first kappa shape index (κ1) is 13.4. The van der Waals surface area contributed by atoms with Crippen LogP contribution < -0.4 is 0 Å². The molecule has 0 radical (unpaired) electrons. The van der Waals surface area contributed by atoms with E-state index in [1.807, 2.05) is 0 Å². The number of aliphatic hydroxyl groups is 2. The largest absolute Gasteiger partial charge is 0.413 e. The second-order valence-electron chi connectivity index (χ2n) is 4.24. The Balaban J connectivity index is 2.64. The van der Waals surface area contributed by atoms with E-state index in [4.69, 9.17) is 0 Å². The number of alkyl halides is 6. The molecule has 0 aromatic carbocycles. The molecule has 0 spiro atoms. The molecule has 2 bridgehead atoms. The lowest BCUT2D eigenvalue weighted by atomic mass is 9.67. The van der Waals surface area contributed by atoms with Gasteiger partial charge in [-0.05, 0) is 0 Å². The molecule has 8 heteroatoms. The zero-order valence-electron chi connectivity index (χ0n) is 8.63. The van der Waals surface area contributed by atoms with Gasteiger partial charge in [0.1, 0.15) is 0 Å². The molecule has 0 fully saturated rings. The fourth-order valence-corrected chi connectivity index (χ4v) is 2.47. The SMILES string of the molecule is OC1C(O)[C@H]2C=C[C@@H]1C(C(F)(F)F)=C2C(F)(F)F. The van der Waals surface area contributed by atoms with E-state index >= 15 is 0 Å². The van der Waals surface area contributed by atoms with Gasteiger partial charge < -0.3 is 10.2 Å². The fraction of sp³-hybridized carbons (Fsp3) is 0.600. The van der Waals surface area contributed by atoms with Gasteiger partial charge in [-0.15, -0.1) is 0 Å². The third-order valence-corrected chi connectivity index (χ3v) is 3.18. The summed E-state index contributed by atoms with van der Waals surface area (Å²) < 4.78 is 76.2.